The van der Waals surface area contributed by atoms with Crippen LogP contribution in [0, 0.1) is 0 Å². The van der Waals surface area contributed by atoms with Crippen LogP contribution in [0.5, 0.6) is 0 Å². The molecule has 0 aliphatic heterocycles. The molecule has 2 atom stereocenters. The summed E-state index contributed by atoms with van der Waals surface area (Å²) < 4.78 is 0. The van der Waals surface area contributed by atoms with Crippen LogP contribution in [-0.2, 0) is 16.0 Å². The Kier molecular flexibility index (Phi) is 6.16. The van der Waals surface area contributed by atoms with Gasteiger partial charge in [-0.25, -0.2) is 9.59 Å². The molecule has 1 heterocycles. The summed E-state index contributed by atoms with van der Waals surface area (Å²) in [4.78, 5) is 36.0. The van der Waals surface area contributed by atoms with E-state index >= 15 is 0 Å². The summed E-state index contributed by atoms with van der Waals surface area (Å²) >= 11 is 1.58. The lowest BCUT2D eigenvalue weighted by molar-refractivity contribution is -0.145. The van der Waals surface area contributed by atoms with Crippen molar-refractivity contribution in [2.45, 2.75) is 31.8 Å². The molecule has 0 saturated heterocycles. The van der Waals surface area contributed by atoms with Gasteiger partial charge in [-0.05, 0) is 18.4 Å². The fourth-order valence-electron chi connectivity index (χ4n) is 1.68. The van der Waals surface area contributed by atoms with Gasteiger partial charge in [0.15, 0.2) is 0 Å². The van der Waals surface area contributed by atoms with Crippen LogP contribution in [0.25, 0.3) is 0 Å². The third kappa shape index (κ3) is 5.42. The molecule has 0 aliphatic carbocycles. The molecular weight excluding hydrogens is 296 g/mol. The van der Waals surface area contributed by atoms with Gasteiger partial charge >= 0.3 is 18.0 Å². The molecule has 0 fully saturated rings. The van der Waals surface area contributed by atoms with Gasteiger partial charge in [0.2, 0.25) is 0 Å². The van der Waals surface area contributed by atoms with E-state index in [2.05, 4.69) is 5.32 Å². The third-order valence-corrected chi connectivity index (χ3v) is 3.93. The second-order valence-corrected chi connectivity index (χ2v) is 5.71. The number of urea groups is 1. The third-order valence-electron chi connectivity index (χ3n) is 3.03. The van der Waals surface area contributed by atoms with E-state index in [9.17, 15) is 14.4 Å². The molecule has 0 aromatic carbocycles. The van der Waals surface area contributed by atoms with Crippen LogP contribution in [-0.4, -0.2) is 52.2 Å². The molecule has 1 unspecified atom stereocenters. The smallest absolute Gasteiger partial charge is 0.326 e. The maximum Gasteiger partial charge on any atom is 0.326 e. The zero-order valence-electron chi connectivity index (χ0n) is 11.8. The summed E-state index contributed by atoms with van der Waals surface area (Å²) in [6.45, 7) is 1.84. The van der Waals surface area contributed by atoms with Crippen LogP contribution in [0.15, 0.2) is 17.5 Å². The van der Waals surface area contributed by atoms with Crippen molar-refractivity contribution in [3.8, 4) is 0 Å². The SMILES string of the molecule is CC(Cc1cccs1)N(C)C(=O)N[C@H](CC(=O)O)C(=O)O. The van der Waals surface area contributed by atoms with Crippen molar-refractivity contribution in [1.29, 1.82) is 0 Å². The van der Waals surface area contributed by atoms with Crippen molar-refractivity contribution in [2.75, 3.05) is 7.05 Å². The maximum absolute atomic E-state index is 12.0. The number of carboxylic acids is 2. The minimum atomic E-state index is -1.44. The number of aliphatic carboxylic acids is 2. The molecule has 7 nitrogen and oxygen atoms in total. The predicted octanol–water partition coefficient (Wildman–Crippen LogP) is 1.25. The van der Waals surface area contributed by atoms with Gasteiger partial charge in [0, 0.05) is 24.4 Å². The highest BCUT2D eigenvalue weighted by molar-refractivity contribution is 7.09. The molecular formula is C13H18N2O5S. The second-order valence-electron chi connectivity index (χ2n) is 4.68. The van der Waals surface area contributed by atoms with Crippen molar-refractivity contribution < 1.29 is 24.6 Å². The number of nitrogens with zero attached hydrogens (tertiary/aromatic N) is 1. The van der Waals surface area contributed by atoms with Gasteiger partial charge in [-0.3, -0.25) is 4.79 Å². The Hall–Kier alpha value is -2.09. The van der Waals surface area contributed by atoms with Crippen LogP contribution in [0.1, 0.15) is 18.2 Å². The molecule has 1 aromatic rings. The molecule has 21 heavy (non-hydrogen) atoms. The van der Waals surface area contributed by atoms with E-state index in [0.29, 0.717) is 6.42 Å². The first-order chi connectivity index (χ1) is 9.81. The summed E-state index contributed by atoms with van der Waals surface area (Å²) in [5.74, 6) is -2.65. The Balaban J connectivity index is 2.59. The van der Waals surface area contributed by atoms with E-state index in [1.54, 1.807) is 18.4 Å². The van der Waals surface area contributed by atoms with E-state index in [1.165, 1.54) is 4.90 Å². The summed E-state index contributed by atoms with van der Waals surface area (Å²) in [5, 5.41) is 21.7. The van der Waals surface area contributed by atoms with E-state index in [4.69, 9.17) is 10.2 Å². The first kappa shape index (κ1) is 17.0. The van der Waals surface area contributed by atoms with Crippen LogP contribution >= 0.6 is 11.3 Å². The largest absolute Gasteiger partial charge is 0.481 e. The summed E-state index contributed by atoms with van der Waals surface area (Å²) in [6, 6.07) is 1.69. The fraction of sp³-hybridized carbons (Fsp3) is 0.462. The molecule has 2 amide bonds. The summed E-state index contributed by atoms with van der Waals surface area (Å²) in [5.41, 5.74) is 0. The van der Waals surface area contributed by atoms with Crippen LogP contribution < -0.4 is 5.32 Å². The Morgan fingerprint density at radius 3 is 2.52 bits per heavy atom. The number of carbonyl (C=O) groups excluding carboxylic acids is 1. The van der Waals surface area contributed by atoms with E-state index in [-0.39, 0.29) is 6.04 Å². The van der Waals surface area contributed by atoms with Gasteiger partial charge in [-0.15, -0.1) is 11.3 Å². The average molecular weight is 314 g/mol. The van der Waals surface area contributed by atoms with Crippen molar-refractivity contribution in [1.82, 2.24) is 10.2 Å². The fourth-order valence-corrected chi connectivity index (χ4v) is 2.51. The van der Waals surface area contributed by atoms with Crippen molar-refractivity contribution in [3.63, 3.8) is 0 Å². The number of carbonyl (C=O) groups is 3. The minimum absolute atomic E-state index is 0.136. The number of amides is 2. The van der Waals surface area contributed by atoms with Gasteiger partial charge < -0.3 is 20.4 Å². The van der Waals surface area contributed by atoms with Crippen LogP contribution in [0.2, 0.25) is 0 Å². The lowest BCUT2D eigenvalue weighted by atomic mass is 10.2. The quantitative estimate of drug-likeness (QED) is 0.702. The molecule has 0 saturated carbocycles. The zero-order valence-corrected chi connectivity index (χ0v) is 12.6. The number of carboxylic acid groups (broad SMARTS) is 2. The lowest BCUT2D eigenvalue weighted by Gasteiger charge is -2.26. The number of likely N-dealkylation sites (N-methyl/N-ethyl adjacent to an activating group) is 1. The standard InChI is InChI=1S/C13H18N2O5S/c1-8(6-9-4-3-5-21-9)15(2)13(20)14-10(12(18)19)7-11(16)17/h3-5,8,10H,6-7H2,1-2H3,(H,14,20)(H,16,17)(H,18,19)/t8?,10-/m1/s1. The van der Waals surface area contributed by atoms with Gasteiger partial charge in [0.05, 0.1) is 6.42 Å². The Morgan fingerprint density at radius 1 is 1.38 bits per heavy atom. The van der Waals surface area contributed by atoms with Crippen LogP contribution in [0.4, 0.5) is 4.79 Å². The first-order valence-electron chi connectivity index (χ1n) is 6.31. The number of hydrogen-bond acceptors (Lipinski definition) is 4. The molecule has 0 aliphatic rings. The summed E-state index contributed by atoms with van der Waals surface area (Å²) in [6.07, 6.45) is -0.00747. The van der Waals surface area contributed by atoms with Crippen molar-refractivity contribution >= 4 is 29.3 Å². The topological polar surface area (TPSA) is 107 Å². The highest BCUT2D eigenvalue weighted by Crippen LogP contribution is 2.13. The average Bonchev–Trinajstić information content (AvgIpc) is 2.88. The highest BCUT2D eigenvalue weighted by Gasteiger charge is 2.26. The van der Waals surface area contributed by atoms with Gasteiger partial charge in [0.25, 0.3) is 0 Å². The summed E-state index contributed by atoms with van der Waals surface area (Å²) in [7, 11) is 1.55. The first-order valence-corrected chi connectivity index (χ1v) is 7.19. The zero-order chi connectivity index (χ0) is 16.0. The minimum Gasteiger partial charge on any atom is -0.481 e. The maximum atomic E-state index is 12.0. The van der Waals surface area contributed by atoms with Gasteiger partial charge in [0.1, 0.15) is 6.04 Å². The van der Waals surface area contributed by atoms with Gasteiger partial charge in [-0.1, -0.05) is 6.07 Å². The molecule has 8 heteroatoms. The highest BCUT2D eigenvalue weighted by atomic mass is 32.1. The normalized spacial score (nSPS) is 13.2. The monoisotopic (exact) mass is 314 g/mol. The number of hydrogen-bond donors (Lipinski definition) is 3. The van der Waals surface area contributed by atoms with Crippen molar-refractivity contribution in [3.05, 3.63) is 22.4 Å². The van der Waals surface area contributed by atoms with E-state index < -0.39 is 30.4 Å². The molecule has 116 valence electrons. The van der Waals surface area contributed by atoms with Crippen molar-refractivity contribution in [2.24, 2.45) is 0 Å². The number of rotatable bonds is 7. The van der Waals surface area contributed by atoms with Gasteiger partial charge in [-0.2, -0.15) is 0 Å². The number of thiophene rings is 1. The van der Waals surface area contributed by atoms with Crippen LogP contribution in [0.3, 0.4) is 0 Å². The predicted molar refractivity (Wildman–Crippen MR) is 77.5 cm³/mol. The van der Waals surface area contributed by atoms with E-state index in [0.717, 1.165) is 4.88 Å². The molecule has 1 aromatic heterocycles. The lowest BCUT2D eigenvalue weighted by Crippen LogP contribution is -2.50. The Bertz CT molecular complexity index is 503. The molecule has 0 bridgehead atoms. The number of nitrogens with one attached hydrogen (secondary N) is 1. The molecule has 3 N–H and O–H groups in total. The molecule has 0 spiro atoms. The van der Waals surface area contributed by atoms with E-state index in [1.807, 2.05) is 24.4 Å². The second kappa shape index (κ2) is 7.63. The molecule has 0 radical (unpaired) electrons. The Morgan fingerprint density at radius 2 is 2.05 bits per heavy atom. The molecule has 1 rings (SSSR count). The Labute approximate surface area is 126 Å².